The Balaban J connectivity index is 0.00000543. The molecule has 8 aromatic carbocycles. The van der Waals surface area contributed by atoms with Gasteiger partial charge in [-0.15, -0.1) is 0 Å². The van der Waals surface area contributed by atoms with Gasteiger partial charge in [-0.2, -0.15) is 0 Å². The van der Waals surface area contributed by atoms with Gasteiger partial charge in [-0.3, -0.25) is 0 Å². The van der Waals surface area contributed by atoms with E-state index in [2.05, 4.69) is 97.1 Å². The molecule has 0 unspecified atom stereocenters. The van der Waals surface area contributed by atoms with Gasteiger partial charge in [0.05, 0.1) is 23.3 Å². The molecule has 8 bridgehead atoms. The third-order valence-corrected chi connectivity index (χ3v) is 13.0. The summed E-state index contributed by atoms with van der Waals surface area (Å²) in [5.74, 6) is 1.83. The van der Waals surface area contributed by atoms with Crippen LogP contribution >= 0.6 is 0 Å². The molecule has 347 valence electrons. The Kier molecular flexibility index (Phi) is 11.9. The maximum atomic E-state index is 5.58. The van der Waals surface area contributed by atoms with Gasteiger partial charge in [-0.05, 0) is 44.5 Å². The van der Waals surface area contributed by atoms with Crippen molar-refractivity contribution in [1.82, 2.24) is 39.9 Å². The second kappa shape index (κ2) is 19.4. The van der Waals surface area contributed by atoms with E-state index in [0.717, 1.165) is 89.1 Å². The number of nitrogens with zero attached hydrogens (tertiary/aromatic N) is 8. The molecule has 0 saturated carbocycles. The summed E-state index contributed by atoms with van der Waals surface area (Å²) in [7, 11) is 0. The summed E-state index contributed by atoms with van der Waals surface area (Å²) in [6.07, 6.45) is 0. The molecule has 2 aliphatic rings. The number of hydrogen-bond donors (Lipinski definition) is 0. The Morgan fingerprint density at radius 2 is 0.356 bits per heavy atom. The molecular weight excluding hydrogens is 944 g/mol. The van der Waals surface area contributed by atoms with Crippen molar-refractivity contribution >= 4 is 44.9 Å². The first kappa shape index (κ1) is 44.8. The summed E-state index contributed by atoms with van der Waals surface area (Å²) in [6, 6.07) is 82.2. The molecule has 13 rings (SSSR count). The summed E-state index contributed by atoms with van der Waals surface area (Å²) in [6.45, 7) is 0. The maximum Gasteiger partial charge on any atom is 2.00 e. The summed E-state index contributed by atoms with van der Waals surface area (Å²) in [5, 5.41) is 0. The molecule has 3 aromatic heterocycles. The molecule has 73 heavy (non-hydrogen) atoms. The third kappa shape index (κ3) is 8.28. The average molecular weight is 985 g/mol. The summed E-state index contributed by atoms with van der Waals surface area (Å²) < 4.78 is 0. The molecular formula is C64H40CuN8. The van der Waals surface area contributed by atoms with E-state index in [1.165, 1.54) is 0 Å². The van der Waals surface area contributed by atoms with Gasteiger partial charge in [0, 0.05) is 67.1 Å². The van der Waals surface area contributed by atoms with Crippen molar-refractivity contribution in [2.24, 2.45) is 0 Å². The molecule has 0 aliphatic carbocycles. The number of fused-ring (bicyclic) bond motifs is 8. The van der Waals surface area contributed by atoms with E-state index >= 15 is 0 Å². The molecule has 0 amide bonds. The smallest absolute Gasteiger partial charge is 0.357 e. The van der Waals surface area contributed by atoms with Crippen molar-refractivity contribution in [3.05, 3.63) is 288 Å². The largest absolute Gasteiger partial charge is 2.00 e. The van der Waals surface area contributed by atoms with E-state index in [9.17, 15) is 0 Å². The van der Waals surface area contributed by atoms with Gasteiger partial charge in [0.25, 0.3) is 0 Å². The zero-order valence-corrected chi connectivity index (χ0v) is 39.9. The normalized spacial score (nSPS) is 12.2. The standard InChI is InChI=1S/C64H40N8.Cu/c1-9-25-41(26-10-1)49-50(42-27-11-2-12-28-42)58-65-57(49)69-59-51(43-29-13-3-14-30-43)52(44-31-15-4-16-32-44)61(66-59)71-63-55(47-37-21-7-22-38-47)56(48-39-23-8-24-40-48)64(68-63)72-62-54(46-35-19-6-20-36-46)53(60(67-62)70-58)45-33-17-5-18-34-45;/h1-40H;/q-2;+2. The van der Waals surface area contributed by atoms with Crippen molar-refractivity contribution < 1.29 is 17.1 Å². The van der Waals surface area contributed by atoms with Crippen molar-refractivity contribution in [3.63, 3.8) is 0 Å². The van der Waals surface area contributed by atoms with E-state index in [0.29, 0.717) is 45.9 Å². The SMILES string of the molecule is [Cu+2].c1ccc(C2=C(c3ccccc3)c3nc2nc2[n-]c(nc4nc(nc5[n-]c(n3)c(-c3ccccc3)c5-c3ccccc3)C(c3ccccc3)=C4c3ccccc3)c(-c3ccccc3)c2-c2ccccc2)cc1. The first-order valence-electron chi connectivity index (χ1n) is 23.9. The molecule has 0 N–H and O–H groups in total. The molecule has 0 fully saturated rings. The average Bonchev–Trinajstić information content (AvgIpc) is 4.20. The van der Waals surface area contributed by atoms with Crippen molar-refractivity contribution in [3.8, 4) is 44.5 Å². The van der Waals surface area contributed by atoms with E-state index < -0.39 is 0 Å². The number of benzene rings is 8. The van der Waals surface area contributed by atoms with Gasteiger partial charge in [0.15, 0.2) is 0 Å². The van der Waals surface area contributed by atoms with Gasteiger partial charge >= 0.3 is 17.1 Å². The predicted molar refractivity (Wildman–Crippen MR) is 288 cm³/mol. The van der Waals surface area contributed by atoms with Crippen LogP contribution < -0.4 is 9.97 Å². The first-order chi connectivity index (χ1) is 35.7. The second-order valence-corrected chi connectivity index (χ2v) is 17.4. The Hall–Kier alpha value is -9.40. The van der Waals surface area contributed by atoms with E-state index in [1.807, 2.05) is 146 Å². The minimum Gasteiger partial charge on any atom is -0.357 e. The van der Waals surface area contributed by atoms with Gasteiger partial charge in [-0.1, -0.05) is 243 Å². The van der Waals surface area contributed by atoms with Gasteiger partial charge in [0.2, 0.25) is 0 Å². The maximum absolute atomic E-state index is 5.58. The van der Waals surface area contributed by atoms with Crippen LogP contribution in [0.1, 0.15) is 45.6 Å². The van der Waals surface area contributed by atoms with E-state index in [1.54, 1.807) is 0 Å². The van der Waals surface area contributed by atoms with Crippen LogP contribution in [0.4, 0.5) is 0 Å². The van der Waals surface area contributed by atoms with Crippen LogP contribution in [0.3, 0.4) is 0 Å². The number of aromatic nitrogens is 8. The fourth-order valence-electron chi connectivity index (χ4n) is 9.82. The minimum atomic E-state index is 0. The minimum absolute atomic E-state index is 0. The zero-order valence-electron chi connectivity index (χ0n) is 39.0. The van der Waals surface area contributed by atoms with Crippen LogP contribution in [0.25, 0.3) is 89.4 Å². The molecule has 8 nitrogen and oxygen atoms in total. The number of hydrogen-bond acceptors (Lipinski definition) is 6. The molecule has 0 atom stereocenters. The van der Waals surface area contributed by atoms with Crippen LogP contribution in [-0.4, -0.2) is 29.9 Å². The monoisotopic (exact) mass is 983 g/mol. The molecule has 5 heterocycles. The Morgan fingerprint density at radius 1 is 0.192 bits per heavy atom. The Morgan fingerprint density at radius 3 is 0.534 bits per heavy atom. The first-order valence-corrected chi connectivity index (χ1v) is 23.9. The Labute approximate surface area is 432 Å². The van der Waals surface area contributed by atoms with Crippen LogP contribution in [0, 0.1) is 0 Å². The van der Waals surface area contributed by atoms with Gasteiger partial charge in [-0.25, -0.2) is 9.97 Å². The Bertz CT molecular complexity index is 3510. The summed E-state index contributed by atoms with van der Waals surface area (Å²) >= 11 is 0. The van der Waals surface area contributed by atoms with Crippen LogP contribution in [0.5, 0.6) is 0 Å². The second-order valence-electron chi connectivity index (χ2n) is 17.4. The fourth-order valence-corrected chi connectivity index (χ4v) is 9.82. The fraction of sp³-hybridized carbons (Fsp3) is 0. The third-order valence-electron chi connectivity index (χ3n) is 13.0. The molecule has 0 saturated heterocycles. The zero-order chi connectivity index (χ0) is 47.8. The van der Waals surface area contributed by atoms with Gasteiger partial charge in [0.1, 0.15) is 0 Å². The van der Waals surface area contributed by atoms with Crippen LogP contribution in [-0.2, 0) is 17.1 Å². The van der Waals surface area contributed by atoms with E-state index in [-0.39, 0.29) is 17.1 Å². The molecule has 1 radical (unpaired) electrons. The quantitative estimate of drug-likeness (QED) is 0.139. The predicted octanol–water partition coefficient (Wildman–Crippen LogP) is 13.8. The van der Waals surface area contributed by atoms with Crippen molar-refractivity contribution in [1.29, 1.82) is 0 Å². The van der Waals surface area contributed by atoms with Crippen LogP contribution in [0.15, 0.2) is 243 Å². The summed E-state index contributed by atoms with van der Waals surface area (Å²) in [4.78, 5) is 44.2. The van der Waals surface area contributed by atoms with E-state index in [4.69, 9.17) is 39.9 Å². The summed E-state index contributed by atoms with van der Waals surface area (Å²) in [5.41, 5.74) is 15.8. The van der Waals surface area contributed by atoms with Crippen LogP contribution in [0.2, 0.25) is 0 Å². The van der Waals surface area contributed by atoms with Crippen molar-refractivity contribution in [2.75, 3.05) is 0 Å². The molecule has 9 heteroatoms. The number of rotatable bonds is 8. The topological polar surface area (TPSA) is 106 Å². The molecule has 0 spiro atoms. The van der Waals surface area contributed by atoms with Crippen molar-refractivity contribution in [2.45, 2.75) is 0 Å². The molecule has 2 aliphatic heterocycles. The van der Waals surface area contributed by atoms with Gasteiger partial charge < -0.3 is 29.9 Å². The molecule has 11 aromatic rings.